The molecule has 0 saturated heterocycles. The summed E-state index contributed by atoms with van der Waals surface area (Å²) in [4.78, 5) is 32.2. The zero-order valence-corrected chi connectivity index (χ0v) is 23.1. The van der Waals surface area contributed by atoms with Gasteiger partial charge in [-0.1, -0.05) is 36.1 Å². The average Bonchev–Trinajstić information content (AvgIpc) is 3.52. The first kappa shape index (κ1) is 25.8. The van der Waals surface area contributed by atoms with Crippen molar-refractivity contribution in [1.82, 2.24) is 34.3 Å². The van der Waals surface area contributed by atoms with Crippen molar-refractivity contribution in [3.8, 4) is 17.5 Å². The number of nitrogens with one attached hydrogen (secondary N) is 1. The molecule has 6 aromatic rings. The van der Waals surface area contributed by atoms with Crippen LogP contribution in [-0.4, -0.2) is 34.9 Å². The summed E-state index contributed by atoms with van der Waals surface area (Å²) >= 11 is 0. The summed E-state index contributed by atoms with van der Waals surface area (Å²) in [6.45, 7) is 5.62. The molecule has 4 heterocycles. The van der Waals surface area contributed by atoms with E-state index in [0.29, 0.717) is 39.2 Å². The smallest absolute Gasteiger partial charge is 0.264 e. The van der Waals surface area contributed by atoms with E-state index in [1.165, 1.54) is 0 Å². The van der Waals surface area contributed by atoms with Crippen LogP contribution in [0.1, 0.15) is 51.4 Å². The summed E-state index contributed by atoms with van der Waals surface area (Å²) in [7, 11) is 1.83. The number of fused-ring (bicyclic) bond motifs is 2. The van der Waals surface area contributed by atoms with Gasteiger partial charge >= 0.3 is 0 Å². The molecule has 6 rings (SSSR count). The minimum absolute atomic E-state index is 0.214. The summed E-state index contributed by atoms with van der Waals surface area (Å²) < 4.78 is 4.93. The van der Waals surface area contributed by atoms with Crippen LogP contribution in [-0.2, 0) is 7.05 Å². The van der Waals surface area contributed by atoms with Gasteiger partial charge in [0.2, 0.25) is 0 Å². The third-order valence-electron chi connectivity index (χ3n) is 6.97. The Morgan fingerprint density at radius 2 is 1.88 bits per heavy atom. The lowest BCUT2D eigenvalue weighted by Crippen LogP contribution is -2.32. The molecule has 0 spiro atoms. The van der Waals surface area contributed by atoms with E-state index in [-0.39, 0.29) is 11.5 Å². The van der Waals surface area contributed by atoms with E-state index >= 15 is 0 Å². The van der Waals surface area contributed by atoms with Crippen LogP contribution in [0.4, 0.5) is 0 Å². The Bertz CT molecular complexity index is 2090. The molecule has 0 bridgehead atoms. The maximum atomic E-state index is 14.3. The lowest BCUT2D eigenvalue weighted by atomic mass is 10.0. The van der Waals surface area contributed by atoms with Crippen LogP contribution in [0.5, 0.6) is 0 Å². The molecule has 0 radical (unpaired) electrons. The summed E-state index contributed by atoms with van der Waals surface area (Å²) in [5, 5.41) is 12.9. The fourth-order valence-electron chi connectivity index (χ4n) is 5.07. The van der Waals surface area contributed by atoms with Gasteiger partial charge in [-0.3, -0.25) is 18.8 Å². The quantitative estimate of drug-likeness (QED) is 0.336. The number of carbonyl (C=O) groups excluding carboxylic acids is 1. The van der Waals surface area contributed by atoms with Gasteiger partial charge in [0.15, 0.2) is 5.65 Å². The SMILES string of the molecule is Cc1cccc(-n2c([C@@H](C)NC(=O)c3c(C)nn4cccnc34)cc3cccc(C#Cc4cnn(C)c4)c3c2=O)c1. The van der Waals surface area contributed by atoms with Crippen molar-refractivity contribution >= 4 is 22.3 Å². The Kier molecular flexibility index (Phi) is 6.44. The molecule has 0 fully saturated rings. The minimum atomic E-state index is -0.525. The molecule has 9 nitrogen and oxygen atoms in total. The molecule has 0 aliphatic carbocycles. The number of rotatable bonds is 4. The molecule has 1 atom stereocenters. The van der Waals surface area contributed by atoms with Crippen molar-refractivity contribution < 1.29 is 4.79 Å². The molecule has 0 saturated carbocycles. The van der Waals surface area contributed by atoms with Gasteiger partial charge in [0.25, 0.3) is 11.5 Å². The van der Waals surface area contributed by atoms with E-state index in [1.807, 2.05) is 75.6 Å². The van der Waals surface area contributed by atoms with Crippen molar-refractivity contribution in [2.24, 2.45) is 7.05 Å². The molecule has 0 aliphatic rings. The second-order valence-electron chi connectivity index (χ2n) is 10.0. The fourth-order valence-corrected chi connectivity index (χ4v) is 5.07. The van der Waals surface area contributed by atoms with E-state index in [9.17, 15) is 9.59 Å². The van der Waals surface area contributed by atoms with Crippen molar-refractivity contribution in [3.63, 3.8) is 0 Å². The molecule has 0 unspecified atom stereocenters. The molecule has 9 heteroatoms. The van der Waals surface area contributed by atoms with E-state index in [0.717, 1.165) is 16.5 Å². The molecule has 1 N–H and O–H groups in total. The lowest BCUT2D eigenvalue weighted by Gasteiger charge is -2.21. The highest BCUT2D eigenvalue weighted by atomic mass is 16.2. The minimum Gasteiger partial charge on any atom is -0.344 e. The number of benzene rings is 2. The van der Waals surface area contributed by atoms with Gasteiger partial charge in [-0.15, -0.1) is 0 Å². The predicted molar refractivity (Wildman–Crippen MR) is 157 cm³/mol. The van der Waals surface area contributed by atoms with Crippen molar-refractivity contribution in [2.45, 2.75) is 26.8 Å². The van der Waals surface area contributed by atoms with Gasteiger partial charge < -0.3 is 5.32 Å². The Labute approximate surface area is 236 Å². The number of aryl methyl sites for hydroxylation is 3. The summed E-state index contributed by atoms with van der Waals surface area (Å²) in [6.07, 6.45) is 6.90. The highest BCUT2D eigenvalue weighted by Gasteiger charge is 2.23. The summed E-state index contributed by atoms with van der Waals surface area (Å²) in [6, 6.07) is 16.5. The summed E-state index contributed by atoms with van der Waals surface area (Å²) in [5.74, 6) is 5.97. The first-order valence-corrected chi connectivity index (χ1v) is 13.2. The van der Waals surface area contributed by atoms with Gasteiger partial charge in [0, 0.05) is 42.6 Å². The Morgan fingerprint density at radius 3 is 2.66 bits per heavy atom. The number of pyridine rings is 1. The summed E-state index contributed by atoms with van der Waals surface area (Å²) in [5.41, 5.74) is 4.96. The largest absolute Gasteiger partial charge is 0.344 e. The topological polar surface area (TPSA) is 99.1 Å². The van der Waals surface area contributed by atoms with Crippen LogP contribution >= 0.6 is 0 Å². The first-order chi connectivity index (χ1) is 19.8. The lowest BCUT2D eigenvalue weighted by molar-refractivity contribution is 0.0939. The maximum absolute atomic E-state index is 14.3. The zero-order valence-electron chi connectivity index (χ0n) is 23.1. The molecule has 1 amide bonds. The van der Waals surface area contributed by atoms with E-state index < -0.39 is 6.04 Å². The number of aromatic nitrogens is 6. The highest BCUT2D eigenvalue weighted by Crippen LogP contribution is 2.24. The van der Waals surface area contributed by atoms with Gasteiger partial charge in [0.1, 0.15) is 5.56 Å². The first-order valence-electron chi connectivity index (χ1n) is 13.2. The van der Waals surface area contributed by atoms with Crippen LogP contribution in [0.15, 0.2) is 84.2 Å². The number of carbonyl (C=O) groups is 1. The van der Waals surface area contributed by atoms with Crippen LogP contribution in [0.25, 0.3) is 22.1 Å². The van der Waals surface area contributed by atoms with Crippen molar-refractivity contribution in [1.29, 1.82) is 0 Å². The number of amides is 1. The van der Waals surface area contributed by atoms with Crippen LogP contribution in [0.2, 0.25) is 0 Å². The zero-order chi connectivity index (χ0) is 28.7. The monoisotopic (exact) mass is 541 g/mol. The van der Waals surface area contributed by atoms with E-state index in [2.05, 4.69) is 32.3 Å². The molecule has 4 aromatic heterocycles. The van der Waals surface area contributed by atoms with Gasteiger partial charge in [-0.2, -0.15) is 10.2 Å². The normalized spacial score (nSPS) is 11.8. The average molecular weight is 542 g/mol. The standard InChI is InChI=1S/C32H27N7O2/c1-20-8-5-11-26(16-20)39-27(21(2)35-31(40)28-22(3)36-38-15-7-14-33-30(28)38)17-25-10-6-9-24(29(25)32(39)41)13-12-23-18-34-37(4)19-23/h5-11,14-19,21H,1-4H3,(H,35,40)/t21-/m1/s1. The molecule has 0 aliphatic heterocycles. The molecule has 2 aromatic carbocycles. The van der Waals surface area contributed by atoms with Gasteiger partial charge in [-0.25, -0.2) is 9.50 Å². The third kappa shape index (κ3) is 4.76. The van der Waals surface area contributed by atoms with E-state index in [1.54, 1.807) is 45.3 Å². The maximum Gasteiger partial charge on any atom is 0.264 e. The Hall–Kier alpha value is -5.49. The van der Waals surface area contributed by atoms with Gasteiger partial charge in [0.05, 0.1) is 28.9 Å². The number of hydrogen-bond donors (Lipinski definition) is 1. The fraction of sp³-hybridized carbons (Fsp3) is 0.156. The second kappa shape index (κ2) is 10.2. The van der Waals surface area contributed by atoms with Crippen molar-refractivity contribution in [2.75, 3.05) is 0 Å². The van der Waals surface area contributed by atoms with Crippen LogP contribution in [0, 0.1) is 25.7 Å². The van der Waals surface area contributed by atoms with Crippen molar-refractivity contribution in [3.05, 3.63) is 123 Å². The Morgan fingerprint density at radius 1 is 1.05 bits per heavy atom. The Balaban J connectivity index is 1.49. The van der Waals surface area contributed by atoms with Crippen LogP contribution in [0.3, 0.4) is 0 Å². The highest BCUT2D eigenvalue weighted by molar-refractivity contribution is 6.01. The molecular formula is C32H27N7O2. The second-order valence-corrected chi connectivity index (χ2v) is 10.0. The number of nitrogens with zero attached hydrogens (tertiary/aromatic N) is 6. The van der Waals surface area contributed by atoms with Gasteiger partial charge in [-0.05, 0) is 62.1 Å². The third-order valence-corrected chi connectivity index (χ3v) is 6.97. The van der Waals surface area contributed by atoms with Crippen LogP contribution < -0.4 is 10.9 Å². The molecule has 41 heavy (non-hydrogen) atoms. The predicted octanol–water partition coefficient (Wildman–Crippen LogP) is 4.27. The molecule has 202 valence electrons. The molecular weight excluding hydrogens is 514 g/mol. The number of hydrogen-bond acceptors (Lipinski definition) is 5. The van der Waals surface area contributed by atoms with E-state index in [4.69, 9.17) is 0 Å².